The molecule has 94 valence electrons. The van der Waals surface area contributed by atoms with E-state index in [0.29, 0.717) is 24.8 Å². The van der Waals surface area contributed by atoms with Crippen molar-refractivity contribution in [3.05, 3.63) is 28.8 Å². The number of carbonyl (C=O) groups is 1. The second kappa shape index (κ2) is 7.14. The highest BCUT2D eigenvalue weighted by atomic mass is 35.5. The Morgan fingerprint density at radius 1 is 1.35 bits per heavy atom. The lowest BCUT2D eigenvalue weighted by atomic mass is 10.2. The summed E-state index contributed by atoms with van der Waals surface area (Å²) < 4.78 is 10.6. The molecule has 0 bridgehead atoms. The van der Waals surface area contributed by atoms with Crippen molar-refractivity contribution in [1.82, 2.24) is 0 Å². The summed E-state index contributed by atoms with van der Waals surface area (Å²) in [6.45, 7) is 3.42. The first kappa shape index (κ1) is 13.8. The van der Waals surface area contributed by atoms with Crippen LogP contribution in [-0.4, -0.2) is 30.9 Å². The zero-order valence-corrected chi connectivity index (χ0v) is 10.4. The van der Waals surface area contributed by atoms with Gasteiger partial charge in [-0.25, -0.2) is 4.79 Å². The summed E-state index contributed by atoms with van der Waals surface area (Å²) in [6, 6.07) is 4.43. The van der Waals surface area contributed by atoms with Gasteiger partial charge >= 0.3 is 5.97 Å². The number of aromatic carboxylic acids is 1. The number of benzene rings is 1. The van der Waals surface area contributed by atoms with Gasteiger partial charge in [-0.1, -0.05) is 18.5 Å². The Labute approximate surface area is 105 Å². The van der Waals surface area contributed by atoms with E-state index in [1.165, 1.54) is 18.2 Å². The van der Waals surface area contributed by atoms with Gasteiger partial charge in [-0.05, 0) is 24.6 Å². The van der Waals surface area contributed by atoms with Gasteiger partial charge in [0.1, 0.15) is 17.9 Å². The fraction of sp³-hybridized carbons (Fsp3) is 0.417. The molecule has 1 N–H and O–H groups in total. The molecule has 0 aliphatic rings. The van der Waals surface area contributed by atoms with Crippen LogP contribution in [0.25, 0.3) is 0 Å². The maximum atomic E-state index is 10.9. The predicted octanol–water partition coefficient (Wildman–Crippen LogP) is 2.84. The molecule has 5 heteroatoms. The van der Waals surface area contributed by atoms with E-state index >= 15 is 0 Å². The van der Waals surface area contributed by atoms with Gasteiger partial charge in [-0.2, -0.15) is 0 Å². The Kier molecular flexibility index (Phi) is 5.80. The first-order valence-corrected chi connectivity index (χ1v) is 5.76. The van der Waals surface area contributed by atoms with Crippen LogP contribution in [0.3, 0.4) is 0 Å². The number of rotatable bonds is 7. The second-order valence-electron chi connectivity index (χ2n) is 3.41. The summed E-state index contributed by atoms with van der Waals surface area (Å²) in [6.07, 6.45) is 0.942. The number of hydrogen-bond donors (Lipinski definition) is 1. The summed E-state index contributed by atoms with van der Waals surface area (Å²) in [7, 11) is 0. The molecule has 0 saturated carbocycles. The minimum absolute atomic E-state index is 0.102. The third kappa shape index (κ3) is 4.63. The molecule has 0 aliphatic carbocycles. The van der Waals surface area contributed by atoms with Crippen LogP contribution < -0.4 is 4.74 Å². The normalized spacial score (nSPS) is 10.2. The van der Waals surface area contributed by atoms with E-state index < -0.39 is 5.97 Å². The van der Waals surface area contributed by atoms with Crippen LogP contribution >= 0.6 is 11.6 Å². The maximum Gasteiger partial charge on any atom is 0.339 e. The van der Waals surface area contributed by atoms with Gasteiger partial charge in [0.25, 0.3) is 0 Å². The van der Waals surface area contributed by atoms with Gasteiger partial charge in [0.2, 0.25) is 0 Å². The molecule has 4 nitrogen and oxygen atoms in total. The summed E-state index contributed by atoms with van der Waals surface area (Å²) in [5, 5.41) is 9.39. The Bertz CT molecular complexity index is 379. The Balaban J connectivity index is 2.56. The van der Waals surface area contributed by atoms with E-state index in [1.54, 1.807) is 0 Å². The van der Waals surface area contributed by atoms with Gasteiger partial charge in [-0.3, -0.25) is 0 Å². The van der Waals surface area contributed by atoms with Gasteiger partial charge in [-0.15, -0.1) is 0 Å². The monoisotopic (exact) mass is 258 g/mol. The third-order valence-corrected chi connectivity index (χ3v) is 2.24. The van der Waals surface area contributed by atoms with Crippen LogP contribution in [0, 0.1) is 0 Å². The van der Waals surface area contributed by atoms with E-state index in [0.717, 1.165) is 6.42 Å². The maximum absolute atomic E-state index is 10.9. The minimum atomic E-state index is -1.04. The molecule has 0 radical (unpaired) electrons. The number of hydrogen-bond acceptors (Lipinski definition) is 3. The van der Waals surface area contributed by atoms with Crippen molar-refractivity contribution < 1.29 is 19.4 Å². The smallest absolute Gasteiger partial charge is 0.339 e. The number of halogens is 1. The van der Waals surface area contributed by atoms with Crippen molar-refractivity contribution in [3.8, 4) is 5.75 Å². The second-order valence-corrected chi connectivity index (χ2v) is 3.84. The van der Waals surface area contributed by atoms with Gasteiger partial charge in [0.05, 0.1) is 6.61 Å². The topological polar surface area (TPSA) is 55.8 Å². The molecule has 17 heavy (non-hydrogen) atoms. The van der Waals surface area contributed by atoms with Crippen molar-refractivity contribution >= 4 is 17.6 Å². The van der Waals surface area contributed by atoms with E-state index in [9.17, 15) is 4.79 Å². The standard InChI is InChI=1S/C12H15ClO4/c1-2-5-16-6-7-17-11-8-9(13)3-4-10(11)12(14)15/h3-4,8H,2,5-7H2,1H3,(H,14,15). The number of ether oxygens (including phenoxy) is 2. The molecule has 1 rings (SSSR count). The molecule has 1 aromatic rings. The fourth-order valence-corrected chi connectivity index (χ4v) is 1.41. The van der Waals surface area contributed by atoms with Crippen molar-refractivity contribution in [1.29, 1.82) is 0 Å². The third-order valence-electron chi connectivity index (χ3n) is 2.01. The fourth-order valence-electron chi connectivity index (χ4n) is 1.25. The number of carboxylic acids is 1. The molecule has 0 saturated heterocycles. The van der Waals surface area contributed by atoms with E-state index in [1.807, 2.05) is 6.92 Å². The summed E-state index contributed by atoms with van der Waals surface area (Å²) >= 11 is 5.78. The lowest BCUT2D eigenvalue weighted by molar-refractivity contribution is 0.0685. The van der Waals surface area contributed by atoms with Gasteiger partial charge < -0.3 is 14.6 Å². The average Bonchev–Trinajstić information content (AvgIpc) is 2.28. The summed E-state index contributed by atoms with van der Waals surface area (Å²) in [5.74, 6) is -0.767. The first-order chi connectivity index (χ1) is 8.15. The molecule has 0 amide bonds. The quantitative estimate of drug-likeness (QED) is 0.764. The van der Waals surface area contributed by atoms with E-state index in [-0.39, 0.29) is 11.3 Å². The van der Waals surface area contributed by atoms with Crippen molar-refractivity contribution in [3.63, 3.8) is 0 Å². The zero-order valence-electron chi connectivity index (χ0n) is 9.61. The lowest BCUT2D eigenvalue weighted by Gasteiger charge is -2.09. The van der Waals surface area contributed by atoms with Crippen LogP contribution in [0.2, 0.25) is 5.02 Å². The van der Waals surface area contributed by atoms with Crippen LogP contribution in [0.1, 0.15) is 23.7 Å². The SMILES string of the molecule is CCCOCCOc1cc(Cl)ccc1C(=O)O. The Morgan fingerprint density at radius 3 is 2.76 bits per heavy atom. The van der Waals surface area contributed by atoms with Crippen LogP contribution in [0.5, 0.6) is 5.75 Å². The molecule has 0 aromatic heterocycles. The highest BCUT2D eigenvalue weighted by molar-refractivity contribution is 6.30. The summed E-state index contributed by atoms with van der Waals surface area (Å²) in [4.78, 5) is 10.9. The van der Waals surface area contributed by atoms with Crippen LogP contribution in [0.15, 0.2) is 18.2 Å². The minimum Gasteiger partial charge on any atom is -0.490 e. The predicted molar refractivity (Wildman–Crippen MR) is 65.0 cm³/mol. The summed E-state index contributed by atoms with van der Waals surface area (Å²) in [5.41, 5.74) is 0.102. The molecule has 0 atom stereocenters. The molecule has 0 heterocycles. The van der Waals surface area contributed by atoms with Crippen molar-refractivity contribution in [2.24, 2.45) is 0 Å². The Hall–Kier alpha value is -1.26. The van der Waals surface area contributed by atoms with Gasteiger partial charge in [0, 0.05) is 11.6 Å². The molecule has 0 aliphatic heterocycles. The van der Waals surface area contributed by atoms with Crippen molar-refractivity contribution in [2.45, 2.75) is 13.3 Å². The van der Waals surface area contributed by atoms with Crippen LogP contribution in [0.4, 0.5) is 0 Å². The largest absolute Gasteiger partial charge is 0.490 e. The van der Waals surface area contributed by atoms with E-state index in [4.69, 9.17) is 26.2 Å². The molecular formula is C12H15ClO4. The average molecular weight is 259 g/mol. The highest BCUT2D eigenvalue weighted by Gasteiger charge is 2.11. The van der Waals surface area contributed by atoms with Gasteiger partial charge in [0.15, 0.2) is 0 Å². The molecular weight excluding hydrogens is 244 g/mol. The van der Waals surface area contributed by atoms with E-state index in [2.05, 4.69) is 0 Å². The lowest BCUT2D eigenvalue weighted by Crippen LogP contribution is -2.09. The zero-order chi connectivity index (χ0) is 12.7. The highest BCUT2D eigenvalue weighted by Crippen LogP contribution is 2.23. The molecule has 0 unspecified atom stereocenters. The molecule has 0 spiro atoms. The Morgan fingerprint density at radius 2 is 2.12 bits per heavy atom. The number of carboxylic acid groups (broad SMARTS) is 1. The van der Waals surface area contributed by atoms with Crippen LogP contribution in [-0.2, 0) is 4.74 Å². The molecule has 1 aromatic carbocycles. The first-order valence-electron chi connectivity index (χ1n) is 5.38. The van der Waals surface area contributed by atoms with Crippen molar-refractivity contribution in [2.75, 3.05) is 19.8 Å². The molecule has 0 fully saturated rings.